The Balaban J connectivity index is 1.58. The molecule has 0 amide bonds. The summed E-state index contributed by atoms with van der Waals surface area (Å²) in [5.74, 6) is 0.807. The minimum Gasteiger partial charge on any atom is -0.455 e. The molecular weight excluding hydrogens is 456 g/mol. The molecule has 10 heteroatoms. The summed E-state index contributed by atoms with van der Waals surface area (Å²) in [5, 5.41) is 11.2. The van der Waals surface area contributed by atoms with E-state index in [9.17, 15) is 14.9 Å². The molecule has 34 heavy (non-hydrogen) atoms. The molecule has 1 aliphatic heterocycles. The first kappa shape index (κ1) is 21.6. The van der Waals surface area contributed by atoms with Gasteiger partial charge in [0.1, 0.15) is 11.5 Å². The van der Waals surface area contributed by atoms with Gasteiger partial charge in [0, 0.05) is 23.3 Å². The van der Waals surface area contributed by atoms with E-state index in [-0.39, 0.29) is 18.2 Å². The van der Waals surface area contributed by atoms with Crippen molar-refractivity contribution < 1.29 is 19.2 Å². The number of benzene rings is 3. The molecule has 9 nitrogen and oxygen atoms in total. The smallest absolute Gasteiger partial charge is 0.327 e. The molecule has 0 bridgehead atoms. The van der Waals surface area contributed by atoms with Crippen LogP contribution in [-0.2, 0) is 4.79 Å². The molecule has 0 unspecified atom stereocenters. The van der Waals surface area contributed by atoms with Gasteiger partial charge >= 0.3 is 12.0 Å². The fourth-order valence-electron chi connectivity index (χ4n) is 3.38. The molecule has 0 aliphatic carbocycles. The monoisotopic (exact) mass is 472 g/mol. The average molecular weight is 472 g/mol. The highest BCUT2D eigenvalue weighted by atomic mass is 32.2. The summed E-state index contributed by atoms with van der Waals surface area (Å²) >= 11 is 1.57. The number of nitrogens with two attached hydrogens (primary N) is 1. The van der Waals surface area contributed by atoms with Gasteiger partial charge in [-0.25, -0.2) is 0 Å². The quantitative estimate of drug-likeness (QED) is 0.217. The fourth-order valence-corrected chi connectivity index (χ4v) is 4.37. The standard InChI is InChI=1S/C24H16N4O5S/c25-13-23(29)33-24-26-17(14-4-3-5-16(10-14)28(30)31)12-18(27-24)15-8-9-20-22(11-15)34-21-7-2-1-6-19(21)32-20/h1-12H,13,25H2. The van der Waals surface area contributed by atoms with E-state index in [0.29, 0.717) is 17.0 Å². The Labute approximate surface area is 197 Å². The molecule has 3 aromatic carbocycles. The van der Waals surface area contributed by atoms with Crippen LogP contribution in [0, 0.1) is 10.1 Å². The first-order valence-electron chi connectivity index (χ1n) is 10.1. The van der Waals surface area contributed by atoms with E-state index in [2.05, 4.69) is 9.97 Å². The summed E-state index contributed by atoms with van der Waals surface area (Å²) in [6.07, 6.45) is 0. The van der Waals surface area contributed by atoms with Crippen molar-refractivity contribution in [2.24, 2.45) is 5.73 Å². The number of rotatable bonds is 5. The minimum absolute atomic E-state index is 0.0841. The number of fused-ring (bicyclic) bond motifs is 2. The number of non-ortho nitro benzene ring substituents is 1. The topological polar surface area (TPSA) is 130 Å². The van der Waals surface area contributed by atoms with E-state index in [0.717, 1.165) is 26.9 Å². The van der Waals surface area contributed by atoms with Crippen molar-refractivity contribution in [1.82, 2.24) is 9.97 Å². The molecular formula is C24H16N4O5S. The van der Waals surface area contributed by atoms with Gasteiger partial charge in [0.05, 0.1) is 32.6 Å². The van der Waals surface area contributed by atoms with Gasteiger partial charge in [0.15, 0.2) is 0 Å². The lowest BCUT2D eigenvalue weighted by atomic mass is 10.1. The molecule has 0 fully saturated rings. The minimum atomic E-state index is -0.701. The van der Waals surface area contributed by atoms with Crippen LogP contribution in [0.25, 0.3) is 22.5 Å². The van der Waals surface area contributed by atoms with E-state index < -0.39 is 10.9 Å². The molecule has 1 aromatic heterocycles. The number of ether oxygens (including phenoxy) is 2. The number of carbonyl (C=O) groups is 1. The van der Waals surface area contributed by atoms with E-state index in [1.165, 1.54) is 12.1 Å². The van der Waals surface area contributed by atoms with Crippen molar-refractivity contribution in [3.05, 3.63) is 82.9 Å². The lowest BCUT2D eigenvalue weighted by Gasteiger charge is -2.20. The van der Waals surface area contributed by atoms with Crippen LogP contribution in [-0.4, -0.2) is 27.4 Å². The summed E-state index contributed by atoms with van der Waals surface area (Å²) in [7, 11) is 0. The van der Waals surface area contributed by atoms with Crippen LogP contribution < -0.4 is 15.2 Å². The van der Waals surface area contributed by atoms with Crippen molar-refractivity contribution in [2.75, 3.05) is 6.54 Å². The number of hydrogen-bond donors (Lipinski definition) is 1. The summed E-state index contributed by atoms with van der Waals surface area (Å²) in [5.41, 5.74) is 7.32. The zero-order valence-corrected chi connectivity index (χ0v) is 18.3. The van der Waals surface area contributed by atoms with Gasteiger partial charge in [0.2, 0.25) is 0 Å². The number of hydrogen-bond acceptors (Lipinski definition) is 9. The van der Waals surface area contributed by atoms with Gasteiger partial charge < -0.3 is 15.2 Å². The maximum absolute atomic E-state index is 11.8. The SMILES string of the molecule is NCC(=O)Oc1nc(-c2cccc([N+](=O)[O-])c2)cc(-c2ccc3c(c2)Sc2ccccc2O3)n1. The summed E-state index contributed by atoms with van der Waals surface area (Å²) in [4.78, 5) is 33.1. The molecule has 168 valence electrons. The molecule has 0 saturated heterocycles. The lowest BCUT2D eigenvalue weighted by molar-refractivity contribution is -0.384. The summed E-state index contributed by atoms with van der Waals surface area (Å²) < 4.78 is 11.2. The Bertz CT molecular complexity index is 1440. The molecule has 0 radical (unpaired) electrons. The average Bonchev–Trinajstić information content (AvgIpc) is 2.86. The van der Waals surface area contributed by atoms with Crippen LogP contribution in [0.2, 0.25) is 0 Å². The van der Waals surface area contributed by atoms with Crippen LogP contribution >= 0.6 is 11.8 Å². The van der Waals surface area contributed by atoms with Gasteiger partial charge in [-0.3, -0.25) is 14.9 Å². The van der Waals surface area contributed by atoms with E-state index >= 15 is 0 Å². The number of nitro groups is 1. The number of carbonyl (C=O) groups excluding carboxylic acids is 1. The molecule has 0 atom stereocenters. The van der Waals surface area contributed by atoms with Crippen molar-refractivity contribution >= 4 is 23.4 Å². The maximum Gasteiger partial charge on any atom is 0.327 e. The molecule has 0 spiro atoms. The number of nitrogens with zero attached hydrogens (tertiary/aromatic N) is 3. The largest absolute Gasteiger partial charge is 0.455 e. The van der Waals surface area contributed by atoms with Gasteiger partial charge in [0.25, 0.3) is 5.69 Å². The highest BCUT2D eigenvalue weighted by molar-refractivity contribution is 7.99. The van der Waals surface area contributed by atoms with Crippen LogP contribution in [0.15, 0.2) is 82.6 Å². The highest BCUT2D eigenvalue weighted by Gasteiger charge is 2.20. The number of nitro benzene ring substituents is 1. The van der Waals surface area contributed by atoms with Crippen molar-refractivity contribution in [3.63, 3.8) is 0 Å². The van der Waals surface area contributed by atoms with E-state index in [4.69, 9.17) is 15.2 Å². The second-order valence-corrected chi connectivity index (χ2v) is 8.30. The fraction of sp³-hybridized carbons (Fsp3) is 0.0417. The molecule has 5 rings (SSSR count). The third kappa shape index (κ3) is 4.32. The van der Waals surface area contributed by atoms with Gasteiger partial charge in [-0.2, -0.15) is 9.97 Å². The van der Waals surface area contributed by atoms with Crippen LogP contribution in [0.1, 0.15) is 0 Å². The van der Waals surface area contributed by atoms with Crippen molar-refractivity contribution in [2.45, 2.75) is 9.79 Å². The first-order chi connectivity index (χ1) is 16.5. The van der Waals surface area contributed by atoms with Crippen molar-refractivity contribution in [3.8, 4) is 40.0 Å². The second-order valence-electron chi connectivity index (χ2n) is 7.22. The first-order valence-corrected chi connectivity index (χ1v) is 11.0. The molecule has 0 saturated carbocycles. The van der Waals surface area contributed by atoms with Crippen molar-refractivity contribution in [1.29, 1.82) is 0 Å². The Kier molecular flexibility index (Phi) is 5.66. The third-order valence-corrected chi connectivity index (χ3v) is 6.05. The molecule has 2 N–H and O–H groups in total. The maximum atomic E-state index is 11.8. The summed E-state index contributed by atoms with van der Waals surface area (Å²) in [6, 6.07) is 20.9. The number of aromatic nitrogens is 2. The third-order valence-electron chi connectivity index (χ3n) is 4.96. The zero-order valence-electron chi connectivity index (χ0n) is 17.5. The Morgan fingerprint density at radius 2 is 1.68 bits per heavy atom. The molecule has 4 aromatic rings. The predicted molar refractivity (Wildman–Crippen MR) is 125 cm³/mol. The van der Waals surface area contributed by atoms with Crippen LogP contribution in [0.5, 0.6) is 17.5 Å². The van der Waals surface area contributed by atoms with Gasteiger partial charge in [-0.1, -0.05) is 36.0 Å². The number of para-hydroxylation sites is 1. The Morgan fingerprint density at radius 3 is 2.44 bits per heavy atom. The molecule has 2 heterocycles. The van der Waals surface area contributed by atoms with E-state index in [1.54, 1.807) is 30.0 Å². The predicted octanol–water partition coefficient (Wildman–Crippen LogP) is 4.84. The zero-order chi connectivity index (χ0) is 23.7. The van der Waals surface area contributed by atoms with Crippen LogP contribution in [0.4, 0.5) is 5.69 Å². The van der Waals surface area contributed by atoms with E-state index in [1.807, 2.05) is 42.5 Å². The van der Waals surface area contributed by atoms with Gasteiger partial charge in [-0.05, 0) is 36.4 Å². The normalized spacial score (nSPS) is 11.7. The lowest BCUT2D eigenvalue weighted by Crippen LogP contribution is -2.20. The number of esters is 1. The Hall–Kier alpha value is -4.28. The van der Waals surface area contributed by atoms with Crippen LogP contribution in [0.3, 0.4) is 0 Å². The Morgan fingerprint density at radius 1 is 0.941 bits per heavy atom. The molecule has 1 aliphatic rings. The highest BCUT2D eigenvalue weighted by Crippen LogP contribution is 2.47. The van der Waals surface area contributed by atoms with Gasteiger partial charge in [-0.15, -0.1) is 0 Å². The second kappa shape index (κ2) is 8.93. The summed E-state index contributed by atoms with van der Waals surface area (Å²) in [6.45, 7) is -0.341.